The third kappa shape index (κ3) is 7.80. The first-order valence-corrected chi connectivity index (χ1v) is 21.4. The Morgan fingerprint density at radius 1 is 0.767 bits per heavy atom. The standard InChI is InChI=1S/C20H44O6Si4/c1-9-14-29(15-10-2)23-27(6,7)24-30(16-11-3,17-12-4)26-28(8,25-29)18-19(13-5)20(21)22/h13H,9-12,14-18H2,1-8H3,(H,21,22). The third-order valence-electron chi connectivity index (χ3n) is 5.33. The summed E-state index contributed by atoms with van der Waals surface area (Å²) in [5, 5.41) is 9.71. The summed E-state index contributed by atoms with van der Waals surface area (Å²) < 4.78 is 27.9. The van der Waals surface area contributed by atoms with E-state index in [0.717, 1.165) is 49.9 Å². The van der Waals surface area contributed by atoms with E-state index < -0.39 is 40.2 Å². The fraction of sp³-hybridized carbons (Fsp3) is 0.850. The molecule has 1 aliphatic rings. The Morgan fingerprint density at radius 2 is 1.13 bits per heavy atom. The van der Waals surface area contributed by atoms with E-state index in [-0.39, 0.29) is 0 Å². The molecular weight excluding hydrogens is 449 g/mol. The minimum absolute atomic E-state index is 0.331. The van der Waals surface area contributed by atoms with Crippen LogP contribution >= 0.6 is 0 Å². The highest BCUT2D eigenvalue weighted by Gasteiger charge is 2.57. The Kier molecular flexibility index (Phi) is 10.9. The van der Waals surface area contributed by atoms with E-state index in [1.807, 2.05) is 6.55 Å². The number of hydrogen-bond acceptors (Lipinski definition) is 5. The van der Waals surface area contributed by atoms with Gasteiger partial charge >= 0.3 is 40.2 Å². The molecule has 0 unspecified atom stereocenters. The number of carboxylic acids is 1. The van der Waals surface area contributed by atoms with E-state index in [1.165, 1.54) is 0 Å². The number of allylic oxidation sites excluding steroid dienone is 1. The van der Waals surface area contributed by atoms with Crippen molar-refractivity contribution in [3.63, 3.8) is 0 Å². The van der Waals surface area contributed by atoms with Crippen LogP contribution in [0.3, 0.4) is 0 Å². The Hall–Kier alpha value is -0.0825. The molecule has 0 saturated carbocycles. The van der Waals surface area contributed by atoms with Gasteiger partial charge in [0.2, 0.25) is 0 Å². The Balaban J connectivity index is 3.55. The van der Waals surface area contributed by atoms with Crippen LogP contribution in [-0.2, 0) is 21.3 Å². The molecule has 0 atom stereocenters. The van der Waals surface area contributed by atoms with E-state index in [2.05, 4.69) is 40.8 Å². The maximum absolute atomic E-state index is 11.8. The first-order valence-electron chi connectivity index (χ1n) is 11.6. The van der Waals surface area contributed by atoms with Gasteiger partial charge in [-0.25, -0.2) is 4.79 Å². The van der Waals surface area contributed by atoms with Crippen LogP contribution in [0.15, 0.2) is 11.6 Å². The molecule has 0 bridgehead atoms. The highest BCUT2D eigenvalue weighted by Crippen LogP contribution is 2.41. The van der Waals surface area contributed by atoms with E-state index >= 15 is 0 Å². The van der Waals surface area contributed by atoms with Crippen LogP contribution in [0.4, 0.5) is 0 Å². The molecule has 0 spiro atoms. The van der Waals surface area contributed by atoms with Gasteiger partial charge in [-0.15, -0.1) is 0 Å². The Bertz CT molecular complexity index is 554. The van der Waals surface area contributed by atoms with Crippen molar-refractivity contribution in [3.8, 4) is 0 Å². The van der Waals surface area contributed by atoms with Crippen LogP contribution in [-0.4, -0.2) is 45.3 Å². The molecule has 1 heterocycles. The van der Waals surface area contributed by atoms with Crippen LogP contribution in [0.25, 0.3) is 0 Å². The zero-order valence-corrected chi connectivity index (χ0v) is 24.4. The van der Waals surface area contributed by atoms with Crippen molar-refractivity contribution in [2.24, 2.45) is 0 Å². The molecule has 1 fully saturated rings. The summed E-state index contributed by atoms with van der Waals surface area (Å²) in [5.41, 5.74) is 0.369. The average molecular weight is 493 g/mol. The van der Waals surface area contributed by atoms with Gasteiger partial charge < -0.3 is 21.6 Å². The van der Waals surface area contributed by atoms with Crippen molar-refractivity contribution < 1.29 is 26.4 Å². The van der Waals surface area contributed by atoms with E-state index in [9.17, 15) is 9.90 Å². The van der Waals surface area contributed by atoms with Gasteiger partial charge in [0.1, 0.15) is 0 Å². The molecule has 0 aliphatic carbocycles. The van der Waals surface area contributed by atoms with E-state index in [1.54, 1.807) is 13.0 Å². The average Bonchev–Trinajstić information content (AvgIpc) is 2.58. The zero-order valence-electron chi connectivity index (χ0n) is 20.4. The lowest BCUT2D eigenvalue weighted by Gasteiger charge is -2.51. The topological polar surface area (TPSA) is 74.2 Å². The van der Waals surface area contributed by atoms with E-state index in [4.69, 9.17) is 16.5 Å². The van der Waals surface area contributed by atoms with Crippen LogP contribution in [0.5, 0.6) is 0 Å². The number of carboxylic acid groups (broad SMARTS) is 1. The minimum atomic E-state index is -2.90. The molecule has 0 aromatic heterocycles. The van der Waals surface area contributed by atoms with Crippen molar-refractivity contribution >= 4 is 40.2 Å². The molecule has 1 aliphatic heterocycles. The largest absolute Gasteiger partial charge is 0.478 e. The summed E-state index contributed by atoms with van der Waals surface area (Å²) in [5.74, 6) is -0.895. The van der Waals surface area contributed by atoms with Crippen LogP contribution in [0.2, 0.25) is 49.9 Å². The molecule has 0 aromatic rings. The van der Waals surface area contributed by atoms with Gasteiger partial charge in [0.25, 0.3) is 0 Å². The Labute approximate surface area is 188 Å². The fourth-order valence-corrected chi connectivity index (χ4v) is 28.7. The molecule has 176 valence electrons. The smallest absolute Gasteiger partial charge is 0.331 e. The van der Waals surface area contributed by atoms with Crippen molar-refractivity contribution in [1.82, 2.24) is 0 Å². The monoisotopic (exact) mass is 492 g/mol. The Morgan fingerprint density at radius 3 is 1.40 bits per heavy atom. The minimum Gasteiger partial charge on any atom is -0.478 e. The second-order valence-corrected chi connectivity index (χ2v) is 23.4. The third-order valence-corrected chi connectivity index (χ3v) is 24.7. The highest BCUT2D eigenvalue weighted by atomic mass is 28.5. The maximum Gasteiger partial charge on any atom is 0.331 e. The molecular formula is C20H44O6Si4. The fourth-order valence-electron chi connectivity index (χ4n) is 4.67. The van der Waals surface area contributed by atoms with Crippen molar-refractivity contribution in [2.45, 2.75) is 110 Å². The van der Waals surface area contributed by atoms with E-state index in [0.29, 0.717) is 11.6 Å². The maximum atomic E-state index is 11.8. The lowest BCUT2D eigenvalue weighted by Crippen LogP contribution is -2.68. The first kappa shape index (κ1) is 28.0. The highest BCUT2D eigenvalue weighted by molar-refractivity contribution is 6.94. The molecule has 0 radical (unpaired) electrons. The normalized spacial score (nSPS) is 22.9. The number of hydrogen-bond donors (Lipinski definition) is 1. The van der Waals surface area contributed by atoms with Crippen LogP contribution in [0, 0.1) is 0 Å². The SMILES string of the molecule is CC=C(C[Si]1(C)O[Si](CCC)(CCC)O[Si](C)(C)O[Si](CCC)(CCC)O1)C(=O)O. The first-order chi connectivity index (χ1) is 13.9. The van der Waals surface area contributed by atoms with Crippen molar-refractivity contribution in [3.05, 3.63) is 11.6 Å². The molecule has 10 heteroatoms. The second-order valence-electron chi connectivity index (χ2n) is 9.06. The lowest BCUT2D eigenvalue weighted by atomic mass is 10.3. The molecule has 1 saturated heterocycles. The molecule has 1 N–H and O–H groups in total. The predicted molar refractivity (Wildman–Crippen MR) is 132 cm³/mol. The molecule has 1 rings (SSSR count). The van der Waals surface area contributed by atoms with Gasteiger partial charge in [-0.05, 0) is 50.7 Å². The van der Waals surface area contributed by atoms with Crippen molar-refractivity contribution in [1.29, 1.82) is 0 Å². The summed E-state index contributed by atoms with van der Waals surface area (Å²) in [6.45, 7) is 16.7. The second kappa shape index (κ2) is 11.7. The number of aliphatic carboxylic acids is 1. The molecule has 6 nitrogen and oxygen atoms in total. The van der Waals surface area contributed by atoms with Gasteiger partial charge in [0.15, 0.2) is 0 Å². The van der Waals surface area contributed by atoms with Gasteiger partial charge in [0, 0.05) is 11.6 Å². The van der Waals surface area contributed by atoms with Crippen LogP contribution < -0.4 is 0 Å². The van der Waals surface area contributed by atoms with Gasteiger partial charge in [-0.1, -0.05) is 59.5 Å². The summed E-state index contributed by atoms with van der Waals surface area (Å²) in [7, 11) is -10.5. The van der Waals surface area contributed by atoms with Gasteiger partial charge in [-0.2, -0.15) is 0 Å². The summed E-state index contributed by atoms with van der Waals surface area (Å²) in [6.07, 6.45) is 5.58. The van der Waals surface area contributed by atoms with Crippen LogP contribution in [0.1, 0.15) is 60.3 Å². The summed E-state index contributed by atoms with van der Waals surface area (Å²) >= 11 is 0. The van der Waals surface area contributed by atoms with Gasteiger partial charge in [0.05, 0.1) is 0 Å². The predicted octanol–water partition coefficient (Wildman–Crippen LogP) is 6.40. The molecule has 0 amide bonds. The summed E-state index contributed by atoms with van der Waals surface area (Å²) in [6, 6.07) is 3.89. The lowest BCUT2D eigenvalue weighted by molar-refractivity contribution is -0.132. The van der Waals surface area contributed by atoms with Gasteiger partial charge in [-0.3, -0.25) is 0 Å². The number of carbonyl (C=O) groups is 1. The number of rotatable bonds is 11. The molecule has 30 heavy (non-hydrogen) atoms. The van der Waals surface area contributed by atoms with Crippen molar-refractivity contribution in [2.75, 3.05) is 0 Å². The quantitative estimate of drug-likeness (QED) is 0.266. The zero-order chi connectivity index (χ0) is 23.1. The molecule has 0 aromatic carbocycles. The summed E-state index contributed by atoms with van der Waals surface area (Å²) in [4.78, 5) is 11.8.